The van der Waals surface area contributed by atoms with Gasteiger partial charge in [0.25, 0.3) is 0 Å². The lowest BCUT2D eigenvalue weighted by molar-refractivity contribution is 0.0450. The highest BCUT2D eigenvalue weighted by Crippen LogP contribution is 2.39. The molecule has 1 saturated carbocycles. The van der Waals surface area contributed by atoms with E-state index in [4.69, 9.17) is 13.3 Å². The monoisotopic (exact) mass is 288 g/mol. The van der Waals surface area contributed by atoms with Crippen molar-refractivity contribution in [3.63, 3.8) is 0 Å². The third kappa shape index (κ3) is 5.54. The molecule has 1 fully saturated rings. The van der Waals surface area contributed by atoms with E-state index in [1.807, 2.05) is 0 Å². The van der Waals surface area contributed by atoms with E-state index in [9.17, 15) is 0 Å². The summed E-state index contributed by atoms with van der Waals surface area (Å²) in [6, 6.07) is 0. The minimum atomic E-state index is -2.46. The fourth-order valence-electron chi connectivity index (χ4n) is 2.67. The van der Waals surface area contributed by atoms with E-state index in [-0.39, 0.29) is 0 Å². The third-order valence-corrected chi connectivity index (χ3v) is 7.02. The smallest absolute Gasteiger partial charge is 0.373 e. The molecule has 114 valence electrons. The Morgan fingerprint density at radius 2 is 1.16 bits per heavy atom. The van der Waals surface area contributed by atoms with Crippen LogP contribution in [0, 0.1) is 0 Å². The topological polar surface area (TPSA) is 27.7 Å². The Labute approximate surface area is 120 Å². The molecule has 0 heterocycles. The molecule has 0 aromatic heterocycles. The highest BCUT2D eigenvalue weighted by atomic mass is 28.4. The quantitative estimate of drug-likeness (QED) is 0.552. The predicted octanol–water partition coefficient (Wildman–Crippen LogP) is 4.54. The van der Waals surface area contributed by atoms with E-state index in [1.54, 1.807) is 0 Å². The molecule has 19 heavy (non-hydrogen) atoms. The second-order valence-corrected chi connectivity index (χ2v) is 8.37. The minimum Gasteiger partial charge on any atom is -0.373 e. The average molecular weight is 289 g/mol. The van der Waals surface area contributed by atoms with E-state index in [2.05, 4.69) is 20.8 Å². The Kier molecular flexibility index (Phi) is 8.95. The van der Waals surface area contributed by atoms with Gasteiger partial charge in [0, 0.05) is 25.4 Å². The van der Waals surface area contributed by atoms with Crippen molar-refractivity contribution >= 4 is 8.80 Å². The van der Waals surface area contributed by atoms with Crippen LogP contribution in [0.4, 0.5) is 0 Å². The van der Waals surface area contributed by atoms with Crippen molar-refractivity contribution < 1.29 is 13.3 Å². The molecule has 0 saturated heterocycles. The van der Waals surface area contributed by atoms with Crippen LogP contribution in [0.3, 0.4) is 0 Å². The molecule has 0 N–H and O–H groups in total. The van der Waals surface area contributed by atoms with Gasteiger partial charge in [-0.3, -0.25) is 0 Å². The van der Waals surface area contributed by atoms with Crippen LogP contribution >= 0.6 is 0 Å². The lowest BCUT2D eigenvalue weighted by atomic mass is 10.0. The average Bonchev–Trinajstić information content (AvgIpc) is 2.48. The summed E-state index contributed by atoms with van der Waals surface area (Å²) in [6.07, 6.45) is 9.52. The first-order valence-electron chi connectivity index (χ1n) is 8.20. The Hall–Kier alpha value is 0.0969. The summed E-state index contributed by atoms with van der Waals surface area (Å²) in [6.45, 7) is 8.78. The molecule has 0 atom stereocenters. The number of hydrogen-bond donors (Lipinski definition) is 0. The standard InChI is InChI=1S/C15H32O3Si/c1-4-12-16-19(17-13-5-2,18-14-6-3)15-10-8-7-9-11-15/h15H,4-14H2,1-3H3. The molecule has 4 heteroatoms. The van der Waals surface area contributed by atoms with Gasteiger partial charge in [-0.25, -0.2) is 0 Å². The molecule has 1 aliphatic rings. The van der Waals surface area contributed by atoms with Crippen LogP contribution in [0.25, 0.3) is 0 Å². The molecule has 0 amide bonds. The van der Waals surface area contributed by atoms with E-state index in [0.717, 1.165) is 39.1 Å². The maximum absolute atomic E-state index is 6.22. The second kappa shape index (κ2) is 9.92. The highest BCUT2D eigenvalue weighted by Gasteiger charge is 2.49. The summed E-state index contributed by atoms with van der Waals surface area (Å²) in [7, 11) is -2.46. The molecule has 3 nitrogen and oxygen atoms in total. The molecular formula is C15H32O3Si. The lowest BCUT2D eigenvalue weighted by Gasteiger charge is -2.37. The van der Waals surface area contributed by atoms with Crippen LogP contribution in [-0.2, 0) is 13.3 Å². The maximum atomic E-state index is 6.22. The van der Waals surface area contributed by atoms with Crippen LogP contribution in [0.5, 0.6) is 0 Å². The highest BCUT2D eigenvalue weighted by molar-refractivity contribution is 6.62. The number of hydrogen-bond acceptors (Lipinski definition) is 3. The van der Waals surface area contributed by atoms with Crippen LogP contribution in [0.2, 0.25) is 5.54 Å². The maximum Gasteiger partial charge on any atom is 0.504 e. The van der Waals surface area contributed by atoms with Gasteiger partial charge >= 0.3 is 8.80 Å². The van der Waals surface area contributed by atoms with Crippen molar-refractivity contribution in [1.29, 1.82) is 0 Å². The Bertz CT molecular complexity index is 196. The second-order valence-electron chi connectivity index (χ2n) is 5.48. The summed E-state index contributed by atoms with van der Waals surface area (Å²) in [5.41, 5.74) is 0.533. The van der Waals surface area contributed by atoms with Crippen LogP contribution in [0.15, 0.2) is 0 Å². The summed E-state index contributed by atoms with van der Waals surface area (Å²) < 4.78 is 18.7. The molecule has 0 spiro atoms. The van der Waals surface area contributed by atoms with E-state index >= 15 is 0 Å². The zero-order valence-electron chi connectivity index (χ0n) is 13.1. The van der Waals surface area contributed by atoms with Crippen LogP contribution in [-0.4, -0.2) is 28.6 Å². The normalized spacial score (nSPS) is 17.8. The van der Waals surface area contributed by atoms with Crippen molar-refractivity contribution in [2.24, 2.45) is 0 Å². The van der Waals surface area contributed by atoms with Crippen molar-refractivity contribution in [1.82, 2.24) is 0 Å². The molecule has 0 aromatic carbocycles. The summed E-state index contributed by atoms with van der Waals surface area (Å²) in [5.74, 6) is 0. The van der Waals surface area contributed by atoms with Gasteiger partial charge < -0.3 is 13.3 Å². The first-order valence-corrected chi connectivity index (χ1v) is 10.0. The Morgan fingerprint density at radius 1 is 0.737 bits per heavy atom. The van der Waals surface area contributed by atoms with Crippen LogP contribution in [0.1, 0.15) is 72.1 Å². The van der Waals surface area contributed by atoms with Gasteiger partial charge in [-0.15, -0.1) is 0 Å². The lowest BCUT2D eigenvalue weighted by Crippen LogP contribution is -2.51. The van der Waals surface area contributed by atoms with Gasteiger partial charge in [-0.05, 0) is 32.1 Å². The molecule has 0 aliphatic heterocycles. The molecule has 1 rings (SSSR count). The first-order chi connectivity index (χ1) is 9.29. The van der Waals surface area contributed by atoms with Gasteiger partial charge in [0.05, 0.1) is 0 Å². The fourth-order valence-corrected chi connectivity index (χ4v) is 6.21. The predicted molar refractivity (Wildman–Crippen MR) is 81.3 cm³/mol. The molecule has 0 radical (unpaired) electrons. The summed E-state index contributed by atoms with van der Waals surface area (Å²) >= 11 is 0. The van der Waals surface area contributed by atoms with E-state index in [0.29, 0.717) is 5.54 Å². The Balaban J connectivity index is 2.73. The van der Waals surface area contributed by atoms with Gasteiger partial charge in [0.1, 0.15) is 0 Å². The number of rotatable bonds is 10. The van der Waals surface area contributed by atoms with Crippen LogP contribution < -0.4 is 0 Å². The van der Waals surface area contributed by atoms with Gasteiger partial charge in [-0.1, -0.05) is 40.0 Å². The fraction of sp³-hybridized carbons (Fsp3) is 1.00. The summed E-state index contributed by atoms with van der Waals surface area (Å²) in [4.78, 5) is 0. The largest absolute Gasteiger partial charge is 0.504 e. The van der Waals surface area contributed by atoms with E-state index < -0.39 is 8.80 Å². The van der Waals surface area contributed by atoms with Gasteiger partial charge in [0.15, 0.2) is 0 Å². The Morgan fingerprint density at radius 3 is 1.53 bits per heavy atom. The van der Waals surface area contributed by atoms with Crippen molar-refractivity contribution in [3.8, 4) is 0 Å². The molecular weight excluding hydrogens is 256 g/mol. The minimum absolute atomic E-state index is 0.533. The van der Waals surface area contributed by atoms with Gasteiger partial charge in [-0.2, -0.15) is 0 Å². The SMILES string of the molecule is CCCO[Si](OCCC)(OCCC)C1CCCCC1. The molecule has 1 aliphatic carbocycles. The third-order valence-electron chi connectivity index (χ3n) is 3.63. The zero-order valence-corrected chi connectivity index (χ0v) is 14.1. The van der Waals surface area contributed by atoms with E-state index in [1.165, 1.54) is 32.1 Å². The van der Waals surface area contributed by atoms with Crippen molar-refractivity contribution in [3.05, 3.63) is 0 Å². The van der Waals surface area contributed by atoms with Crippen molar-refractivity contribution in [2.45, 2.75) is 77.7 Å². The first kappa shape index (κ1) is 17.1. The molecule has 0 bridgehead atoms. The summed E-state index contributed by atoms with van der Waals surface area (Å²) in [5, 5.41) is 0. The van der Waals surface area contributed by atoms with Crippen molar-refractivity contribution in [2.75, 3.05) is 19.8 Å². The zero-order chi connectivity index (χ0) is 14.0. The van der Waals surface area contributed by atoms with Gasteiger partial charge in [0.2, 0.25) is 0 Å². The molecule has 0 aromatic rings. The molecule has 0 unspecified atom stereocenters.